The van der Waals surface area contributed by atoms with E-state index in [9.17, 15) is 4.79 Å². The number of methoxy groups -OCH3 is 1. The molecule has 1 aliphatic heterocycles. The molecule has 4 nitrogen and oxygen atoms in total. The number of rotatable bonds is 4. The average molecular weight is 342 g/mol. The van der Waals surface area contributed by atoms with E-state index in [4.69, 9.17) is 4.74 Å². The number of amides is 1. The van der Waals surface area contributed by atoms with Crippen LogP contribution in [0.2, 0.25) is 0 Å². The van der Waals surface area contributed by atoms with Crippen molar-refractivity contribution in [2.45, 2.75) is 39.0 Å². The second-order valence-electron chi connectivity index (χ2n) is 6.70. The first-order chi connectivity index (χ1) is 11.7. The van der Waals surface area contributed by atoms with Gasteiger partial charge in [-0.05, 0) is 50.2 Å². The molecule has 2 heterocycles. The van der Waals surface area contributed by atoms with Crippen molar-refractivity contribution in [3.63, 3.8) is 0 Å². The highest BCUT2D eigenvalue weighted by Gasteiger charge is 2.30. The molecule has 1 fully saturated rings. The maximum atomic E-state index is 13.2. The monoisotopic (exact) mass is 342 g/mol. The van der Waals surface area contributed by atoms with Gasteiger partial charge in [-0.2, -0.15) is 0 Å². The van der Waals surface area contributed by atoms with E-state index in [1.54, 1.807) is 18.4 Å². The van der Waals surface area contributed by atoms with Gasteiger partial charge in [-0.15, -0.1) is 11.3 Å². The Morgan fingerprint density at radius 3 is 3.00 bits per heavy atom. The lowest BCUT2D eigenvalue weighted by atomic mass is 10.0. The molecule has 1 aliphatic carbocycles. The zero-order chi connectivity index (χ0) is 16.7. The van der Waals surface area contributed by atoms with Crippen molar-refractivity contribution in [1.29, 1.82) is 0 Å². The summed E-state index contributed by atoms with van der Waals surface area (Å²) in [5.74, 6) is 1.63. The first-order valence-electron chi connectivity index (χ1n) is 8.61. The Morgan fingerprint density at radius 2 is 2.25 bits per heavy atom. The number of aromatic nitrogens is 1. The molecule has 1 saturated carbocycles. The Bertz CT molecular complexity index is 765. The molecular formula is C19H22N2O2S. The zero-order valence-electron chi connectivity index (χ0n) is 14.2. The van der Waals surface area contributed by atoms with E-state index in [1.165, 1.54) is 18.4 Å². The lowest BCUT2D eigenvalue weighted by Gasteiger charge is -2.30. The van der Waals surface area contributed by atoms with E-state index >= 15 is 0 Å². The predicted octanol–water partition coefficient (Wildman–Crippen LogP) is 4.01. The first kappa shape index (κ1) is 15.6. The van der Waals surface area contributed by atoms with Crippen LogP contribution in [-0.4, -0.2) is 24.5 Å². The number of aryl methyl sites for hydroxylation is 2. The quantitative estimate of drug-likeness (QED) is 0.843. The second-order valence-corrected chi connectivity index (χ2v) is 7.78. The van der Waals surface area contributed by atoms with Gasteiger partial charge in [0.1, 0.15) is 10.6 Å². The molecule has 0 spiro atoms. The van der Waals surface area contributed by atoms with E-state index in [0.29, 0.717) is 0 Å². The molecule has 4 rings (SSSR count). The maximum Gasteiger partial charge on any atom is 0.270 e. The molecular weight excluding hydrogens is 320 g/mol. The van der Waals surface area contributed by atoms with Gasteiger partial charge in [-0.25, -0.2) is 4.98 Å². The van der Waals surface area contributed by atoms with Crippen molar-refractivity contribution in [2.75, 3.05) is 18.6 Å². The number of nitrogens with zero attached hydrogens (tertiary/aromatic N) is 2. The van der Waals surface area contributed by atoms with Gasteiger partial charge in [0.25, 0.3) is 5.91 Å². The van der Waals surface area contributed by atoms with Crippen molar-refractivity contribution < 1.29 is 9.53 Å². The molecule has 0 N–H and O–H groups in total. The maximum absolute atomic E-state index is 13.2. The number of carbonyl (C=O) groups is 1. The van der Waals surface area contributed by atoms with Crippen molar-refractivity contribution in [2.24, 2.45) is 5.92 Å². The first-order valence-corrected chi connectivity index (χ1v) is 9.43. The molecule has 1 amide bonds. The molecule has 1 aromatic carbocycles. The highest BCUT2D eigenvalue weighted by molar-refractivity contribution is 7.14. The van der Waals surface area contributed by atoms with Gasteiger partial charge in [0.2, 0.25) is 0 Å². The van der Waals surface area contributed by atoms with Crippen molar-refractivity contribution in [3.05, 3.63) is 39.3 Å². The minimum Gasteiger partial charge on any atom is -0.495 e. The number of para-hydroxylation sites is 1. The van der Waals surface area contributed by atoms with Gasteiger partial charge in [-0.3, -0.25) is 4.79 Å². The van der Waals surface area contributed by atoms with Crippen molar-refractivity contribution in [1.82, 2.24) is 4.98 Å². The van der Waals surface area contributed by atoms with Crippen LogP contribution < -0.4 is 9.64 Å². The summed E-state index contributed by atoms with van der Waals surface area (Å²) in [4.78, 5) is 20.5. The third-order valence-corrected chi connectivity index (χ3v) is 6.01. The van der Waals surface area contributed by atoms with Crippen LogP contribution in [0.15, 0.2) is 18.2 Å². The number of benzene rings is 1. The molecule has 1 aromatic heterocycles. The van der Waals surface area contributed by atoms with Gasteiger partial charge in [-0.1, -0.05) is 12.1 Å². The summed E-state index contributed by atoms with van der Waals surface area (Å²) in [6, 6.07) is 6.02. The van der Waals surface area contributed by atoms with Crippen LogP contribution in [0.5, 0.6) is 5.75 Å². The summed E-state index contributed by atoms with van der Waals surface area (Å²) in [6.07, 6.45) is 5.61. The molecule has 0 bridgehead atoms. The number of anilines is 1. The number of fused-ring (bicyclic) bond motifs is 1. The predicted molar refractivity (Wildman–Crippen MR) is 96.3 cm³/mol. The summed E-state index contributed by atoms with van der Waals surface area (Å²) in [5, 5.41) is 1.11. The molecule has 0 radical (unpaired) electrons. The molecule has 2 aromatic rings. The van der Waals surface area contributed by atoms with E-state index in [-0.39, 0.29) is 5.91 Å². The summed E-state index contributed by atoms with van der Waals surface area (Å²) in [6.45, 7) is 2.69. The summed E-state index contributed by atoms with van der Waals surface area (Å²) in [5.41, 5.74) is 2.99. The van der Waals surface area contributed by atoms with Gasteiger partial charge >= 0.3 is 0 Å². The summed E-state index contributed by atoms with van der Waals surface area (Å²) in [7, 11) is 1.67. The lowest BCUT2D eigenvalue weighted by molar-refractivity contribution is 0.0987. The fourth-order valence-corrected chi connectivity index (χ4v) is 4.54. The van der Waals surface area contributed by atoms with Crippen molar-refractivity contribution in [3.8, 4) is 5.75 Å². The fourth-order valence-electron chi connectivity index (χ4n) is 3.41. The normalized spacial score (nSPS) is 16.8. The SMILES string of the molecule is COc1cccc2c1N(C(=O)c1sc(CC3CC3)nc1C)CCC2. The third-order valence-electron chi connectivity index (χ3n) is 4.84. The zero-order valence-corrected chi connectivity index (χ0v) is 15.0. The number of hydrogen-bond acceptors (Lipinski definition) is 4. The topological polar surface area (TPSA) is 42.4 Å². The van der Waals surface area contributed by atoms with E-state index in [1.807, 2.05) is 24.0 Å². The fraction of sp³-hybridized carbons (Fsp3) is 0.474. The van der Waals surface area contributed by atoms with Crippen molar-refractivity contribution >= 4 is 22.9 Å². The molecule has 0 atom stereocenters. The highest BCUT2D eigenvalue weighted by Crippen LogP contribution is 2.38. The Labute approximate surface area is 146 Å². The number of ether oxygens (including phenoxy) is 1. The Kier molecular flexibility index (Phi) is 4.04. The van der Waals surface area contributed by atoms with Gasteiger partial charge in [0, 0.05) is 13.0 Å². The standard InChI is InChI=1S/C19H22N2O2S/c1-12-18(24-16(20-12)11-13-8-9-13)19(22)21-10-4-6-14-5-3-7-15(23-2)17(14)21/h3,5,7,13H,4,6,8-11H2,1-2H3. The van der Waals surface area contributed by atoms with Crippen LogP contribution in [0.1, 0.15) is 45.2 Å². The average Bonchev–Trinajstić information content (AvgIpc) is 3.34. The van der Waals surface area contributed by atoms with Crippen LogP contribution in [0.25, 0.3) is 0 Å². The summed E-state index contributed by atoms with van der Waals surface area (Å²) >= 11 is 1.57. The van der Waals surface area contributed by atoms with E-state index in [0.717, 1.165) is 58.7 Å². The molecule has 2 aliphatic rings. The minimum absolute atomic E-state index is 0.0671. The molecule has 0 unspecified atom stereocenters. The Balaban J connectivity index is 1.67. The number of thiazole rings is 1. The lowest BCUT2D eigenvalue weighted by Crippen LogP contribution is -2.35. The molecule has 24 heavy (non-hydrogen) atoms. The Hall–Kier alpha value is -1.88. The van der Waals surface area contributed by atoms with E-state index in [2.05, 4.69) is 11.1 Å². The van der Waals surface area contributed by atoms with Gasteiger partial charge in [0.15, 0.2) is 0 Å². The molecule has 5 heteroatoms. The van der Waals surface area contributed by atoms with Crippen LogP contribution in [0, 0.1) is 12.8 Å². The van der Waals surface area contributed by atoms with Crippen LogP contribution in [0.3, 0.4) is 0 Å². The van der Waals surface area contributed by atoms with Crippen LogP contribution in [-0.2, 0) is 12.8 Å². The highest BCUT2D eigenvalue weighted by atomic mass is 32.1. The third kappa shape index (κ3) is 2.81. The summed E-state index contributed by atoms with van der Waals surface area (Å²) < 4.78 is 5.52. The van der Waals surface area contributed by atoms with Crippen LogP contribution in [0.4, 0.5) is 5.69 Å². The van der Waals surface area contributed by atoms with Gasteiger partial charge < -0.3 is 9.64 Å². The Morgan fingerprint density at radius 1 is 1.42 bits per heavy atom. The van der Waals surface area contributed by atoms with Gasteiger partial charge in [0.05, 0.1) is 23.5 Å². The second kappa shape index (κ2) is 6.20. The molecule has 0 saturated heterocycles. The largest absolute Gasteiger partial charge is 0.495 e. The smallest absolute Gasteiger partial charge is 0.270 e. The minimum atomic E-state index is 0.0671. The molecule has 126 valence electrons. The van der Waals surface area contributed by atoms with E-state index < -0.39 is 0 Å². The van der Waals surface area contributed by atoms with Crippen LogP contribution >= 0.6 is 11.3 Å². The number of carbonyl (C=O) groups excluding carboxylic acids is 1. The number of hydrogen-bond donors (Lipinski definition) is 0.